The van der Waals surface area contributed by atoms with Crippen LogP contribution in [0.25, 0.3) is 0 Å². The Balaban J connectivity index is 1.99. The first-order chi connectivity index (χ1) is 10.1. The molecular weight excluding hydrogens is 268 g/mol. The fourth-order valence-electron chi connectivity index (χ4n) is 2.64. The number of rotatable bonds is 6. The van der Waals surface area contributed by atoms with Crippen molar-refractivity contribution in [3.63, 3.8) is 0 Å². The quantitative estimate of drug-likeness (QED) is 0.746. The lowest BCUT2D eigenvalue weighted by molar-refractivity contribution is -0.131. The molecule has 0 spiro atoms. The zero-order valence-corrected chi connectivity index (χ0v) is 12.7. The molecule has 1 fully saturated rings. The predicted molar refractivity (Wildman–Crippen MR) is 80.5 cm³/mol. The van der Waals surface area contributed by atoms with E-state index in [2.05, 4.69) is 0 Å². The first-order valence-corrected chi connectivity index (χ1v) is 7.22. The summed E-state index contributed by atoms with van der Waals surface area (Å²) in [7, 11) is 3.51. The number of amides is 1. The molecule has 21 heavy (non-hydrogen) atoms. The molecule has 0 N–H and O–H groups in total. The van der Waals surface area contributed by atoms with Crippen LogP contribution < -0.4 is 4.74 Å². The predicted octanol–water partition coefficient (Wildman–Crippen LogP) is 1.56. The number of likely N-dealkylation sites (tertiary alicyclic amines) is 1. The summed E-state index contributed by atoms with van der Waals surface area (Å²) in [6.07, 6.45) is 3.02. The molecule has 0 saturated carbocycles. The number of benzene rings is 1. The fourth-order valence-corrected chi connectivity index (χ4v) is 2.64. The summed E-state index contributed by atoms with van der Waals surface area (Å²) in [6, 6.07) is 5.32. The largest absolute Gasteiger partial charge is 0.496 e. The van der Waals surface area contributed by atoms with E-state index >= 15 is 0 Å². The lowest BCUT2D eigenvalue weighted by atomic mass is 10.1. The van der Waals surface area contributed by atoms with Crippen LogP contribution in [0.1, 0.15) is 28.8 Å². The minimum atomic E-state index is 0.167. The van der Waals surface area contributed by atoms with Crippen LogP contribution in [0.5, 0.6) is 5.75 Å². The molecule has 0 aliphatic carbocycles. The van der Waals surface area contributed by atoms with Crippen molar-refractivity contribution < 1.29 is 14.3 Å². The Hall–Kier alpha value is -1.88. The second-order valence-electron chi connectivity index (χ2n) is 5.45. The third kappa shape index (κ3) is 4.04. The number of likely N-dealkylation sites (N-methyl/N-ethyl adjacent to an activating group) is 1. The van der Waals surface area contributed by atoms with Gasteiger partial charge in [-0.1, -0.05) is 0 Å². The molecule has 0 atom stereocenters. The monoisotopic (exact) mass is 290 g/mol. The fraction of sp³-hybridized carbons (Fsp3) is 0.500. The van der Waals surface area contributed by atoms with Crippen molar-refractivity contribution in [2.45, 2.75) is 19.4 Å². The van der Waals surface area contributed by atoms with Crippen LogP contribution in [-0.2, 0) is 11.3 Å². The molecule has 1 heterocycles. The zero-order valence-electron chi connectivity index (χ0n) is 12.7. The van der Waals surface area contributed by atoms with Crippen LogP contribution in [0.3, 0.4) is 0 Å². The van der Waals surface area contributed by atoms with Gasteiger partial charge in [0.1, 0.15) is 12.0 Å². The Morgan fingerprint density at radius 3 is 2.71 bits per heavy atom. The summed E-state index contributed by atoms with van der Waals surface area (Å²) in [5.41, 5.74) is 1.53. The van der Waals surface area contributed by atoms with E-state index in [4.69, 9.17) is 4.74 Å². The highest BCUT2D eigenvalue weighted by atomic mass is 16.5. The van der Waals surface area contributed by atoms with Crippen molar-refractivity contribution in [2.75, 3.05) is 33.8 Å². The maximum Gasteiger partial charge on any atom is 0.236 e. The summed E-state index contributed by atoms with van der Waals surface area (Å²) in [5.74, 6) is 0.904. The molecule has 1 saturated heterocycles. The highest BCUT2D eigenvalue weighted by molar-refractivity contribution is 5.78. The van der Waals surface area contributed by atoms with Gasteiger partial charge in [0.25, 0.3) is 0 Å². The van der Waals surface area contributed by atoms with Gasteiger partial charge in [-0.3, -0.25) is 14.5 Å². The van der Waals surface area contributed by atoms with Crippen molar-refractivity contribution in [2.24, 2.45) is 0 Å². The number of hydrogen-bond acceptors (Lipinski definition) is 4. The van der Waals surface area contributed by atoms with Crippen LogP contribution in [0.2, 0.25) is 0 Å². The molecule has 1 aromatic carbocycles. The van der Waals surface area contributed by atoms with Gasteiger partial charge in [0.2, 0.25) is 5.91 Å². The van der Waals surface area contributed by atoms with E-state index in [1.165, 1.54) is 0 Å². The number of hydrogen-bond donors (Lipinski definition) is 0. The average Bonchev–Trinajstić information content (AvgIpc) is 3.01. The van der Waals surface area contributed by atoms with E-state index in [1.54, 1.807) is 19.2 Å². The van der Waals surface area contributed by atoms with Crippen LogP contribution in [0.4, 0.5) is 0 Å². The van der Waals surface area contributed by atoms with Gasteiger partial charge in [-0.05, 0) is 38.1 Å². The van der Waals surface area contributed by atoms with Gasteiger partial charge < -0.3 is 9.64 Å². The topological polar surface area (TPSA) is 49.9 Å². The number of nitrogens with zero attached hydrogens (tertiary/aromatic N) is 2. The molecule has 5 heteroatoms. The molecule has 114 valence electrons. The number of aldehydes is 1. The third-order valence-electron chi connectivity index (χ3n) is 3.74. The maximum absolute atomic E-state index is 12.1. The maximum atomic E-state index is 12.1. The highest BCUT2D eigenvalue weighted by Crippen LogP contribution is 2.21. The molecule has 1 aromatic rings. The minimum Gasteiger partial charge on any atom is -0.496 e. The van der Waals surface area contributed by atoms with Crippen molar-refractivity contribution in [1.82, 2.24) is 9.80 Å². The van der Waals surface area contributed by atoms with Crippen LogP contribution >= 0.6 is 0 Å². The van der Waals surface area contributed by atoms with Crippen molar-refractivity contribution >= 4 is 12.2 Å². The van der Waals surface area contributed by atoms with Gasteiger partial charge in [0.15, 0.2) is 0 Å². The van der Waals surface area contributed by atoms with Gasteiger partial charge in [-0.25, -0.2) is 0 Å². The molecule has 0 radical (unpaired) electrons. The van der Waals surface area contributed by atoms with Crippen molar-refractivity contribution in [1.29, 1.82) is 0 Å². The van der Waals surface area contributed by atoms with Crippen LogP contribution in [0, 0.1) is 0 Å². The summed E-state index contributed by atoms with van der Waals surface area (Å²) in [4.78, 5) is 26.9. The first kappa shape index (κ1) is 15.5. The van der Waals surface area contributed by atoms with Crippen molar-refractivity contribution in [3.05, 3.63) is 29.3 Å². The highest BCUT2D eigenvalue weighted by Gasteiger charge is 2.19. The van der Waals surface area contributed by atoms with E-state index in [-0.39, 0.29) is 5.91 Å². The Morgan fingerprint density at radius 2 is 2.10 bits per heavy atom. The molecule has 0 aromatic heterocycles. The molecule has 0 unspecified atom stereocenters. The molecule has 0 bridgehead atoms. The van der Waals surface area contributed by atoms with Crippen LogP contribution in [0.15, 0.2) is 18.2 Å². The second-order valence-corrected chi connectivity index (χ2v) is 5.45. The second kappa shape index (κ2) is 7.22. The molecule has 1 amide bonds. The molecule has 1 aliphatic rings. The van der Waals surface area contributed by atoms with Gasteiger partial charge in [-0.2, -0.15) is 0 Å². The van der Waals surface area contributed by atoms with E-state index in [0.717, 1.165) is 43.5 Å². The van der Waals surface area contributed by atoms with Crippen molar-refractivity contribution in [3.8, 4) is 5.75 Å². The Labute approximate surface area is 125 Å². The molecule has 2 rings (SSSR count). The summed E-state index contributed by atoms with van der Waals surface area (Å²) >= 11 is 0. The standard InChI is InChI=1S/C16H22N2O3/c1-17(11-16(20)18-7-3-4-8-18)10-14-9-13(12-19)5-6-15(14)21-2/h5-6,9,12H,3-4,7-8,10-11H2,1-2H3. The van der Waals surface area contributed by atoms with E-state index < -0.39 is 0 Å². The SMILES string of the molecule is COc1ccc(C=O)cc1CN(C)CC(=O)N1CCCC1. The number of carbonyl (C=O) groups excluding carboxylic acids is 2. The molecule has 5 nitrogen and oxygen atoms in total. The minimum absolute atomic E-state index is 0.167. The molecular formula is C16H22N2O3. The average molecular weight is 290 g/mol. The number of carbonyl (C=O) groups is 2. The Bertz CT molecular complexity index is 510. The van der Waals surface area contributed by atoms with Crippen LogP contribution in [-0.4, -0.2) is 55.8 Å². The Kier molecular flexibility index (Phi) is 5.33. The normalized spacial score (nSPS) is 14.5. The van der Waals surface area contributed by atoms with Gasteiger partial charge in [-0.15, -0.1) is 0 Å². The van der Waals surface area contributed by atoms with Gasteiger partial charge in [0, 0.05) is 30.8 Å². The lowest BCUT2D eigenvalue weighted by Crippen LogP contribution is -2.37. The van der Waals surface area contributed by atoms with Gasteiger partial charge in [0.05, 0.1) is 13.7 Å². The van der Waals surface area contributed by atoms with Gasteiger partial charge >= 0.3 is 0 Å². The molecule has 1 aliphatic heterocycles. The first-order valence-electron chi connectivity index (χ1n) is 7.22. The van der Waals surface area contributed by atoms with E-state index in [1.807, 2.05) is 22.9 Å². The lowest BCUT2D eigenvalue weighted by Gasteiger charge is -2.22. The summed E-state index contributed by atoms with van der Waals surface area (Å²) in [6.45, 7) is 2.70. The summed E-state index contributed by atoms with van der Waals surface area (Å²) in [5, 5.41) is 0. The number of ether oxygens (including phenoxy) is 1. The zero-order chi connectivity index (χ0) is 15.2. The Morgan fingerprint density at radius 1 is 1.38 bits per heavy atom. The smallest absolute Gasteiger partial charge is 0.236 e. The van der Waals surface area contributed by atoms with E-state index in [0.29, 0.717) is 18.7 Å². The van der Waals surface area contributed by atoms with E-state index in [9.17, 15) is 9.59 Å². The summed E-state index contributed by atoms with van der Waals surface area (Å²) < 4.78 is 5.31. The third-order valence-corrected chi connectivity index (χ3v) is 3.74. The number of methoxy groups -OCH3 is 1.